The first kappa shape index (κ1) is 11.2. The average Bonchev–Trinajstić information content (AvgIpc) is 2.21. The molecule has 0 saturated heterocycles. The van der Waals surface area contributed by atoms with Crippen molar-refractivity contribution < 1.29 is 14.7 Å². The van der Waals surface area contributed by atoms with Gasteiger partial charge in [0.1, 0.15) is 0 Å². The Bertz CT molecular complexity index is 385. The number of aryl methyl sites for hydroxylation is 1. The van der Waals surface area contributed by atoms with Crippen molar-refractivity contribution in [3.8, 4) is 0 Å². The molecule has 0 fully saturated rings. The lowest BCUT2D eigenvalue weighted by atomic mass is 10.1. The molecule has 0 atom stereocenters. The van der Waals surface area contributed by atoms with Gasteiger partial charge in [-0.2, -0.15) is 0 Å². The minimum Gasteiger partial charge on any atom is -0.462 e. The van der Waals surface area contributed by atoms with Crippen LogP contribution in [0, 0.1) is 6.92 Å². The first-order valence-electron chi connectivity index (χ1n) is 4.64. The maximum absolute atomic E-state index is 11.5. The highest BCUT2D eigenvalue weighted by molar-refractivity contribution is 5.93. The van der Waals surface area contributed by atoms with Gasteiger partial charge in [-0.15, -0.1) is 0 Å². The summed E-state index contributed by atoms with van der Waals surface area (Å²) in [5, 5.41) is 11.3. The molecule has 15 heavy (non-hydrogen) atoms. The number of hydrogen-bond donors (Lipinski definition) is 1. The minimum absolute atomic E-state index is 0.344. The maximum Gasteiger partial charge on any atom is 0.338 e. The molecule has 0 unspecified atom stereocenters. The van der Waals surface area contributed by atoms with Gasteiger partial charge in [-0.3, -0.25) is 0 Å². The first-order chi connectivity index (χ1) is 7.19. The molecule has 0 amide bonds. The fraction of sp³-hybridized carbons (Fsp3) is 0.273. The summed E-state index contributed by atoms with van der Waals surface area (Å²) in [6.45, 7) is 3.93. The van der Waals surface area contributed by atoms with E-state index in [2.05, 4.69) is 5.16 Å². The van der Waals surface area contributed by atoms with Crippen molar-refractivity contribution in [2.24, 2.45) is 5.16 Å². The van der Waals surface area contributed by atoms with Crippen LogP contribution in [-0.2, 0) is 4.74 Å². The number of rotatable bonds is 3. The zero-order valence-electron chi connectivity index (χ0n) is 8.73. The van der Waals surface area contributed by atoms with Crippen LogP contribution in [0.5, 0.6) is 0 Å². The third-order valence-corrected chi connectivity index (χ3v) is 1.96. The van der Waals surface area contributed by atoms with Gasteiger partial charge in [0, 0.05) is 0 Å². The lowest BCUT2D eigenvalue weighted by Gasteiger charge is -2.05. The summed E-state index contributed by atoms with van der Waals surface area (Å²) in [5.74, 6) is -0.358. The number of nitrogens with zero attached hydrogens (tertiary/aromatic N) is 1. The Hall–Kier alpha value is -1.84. The van der Waals surface area contributed by atoms with Crippen molar-refractivity contribution >= 4 is 12.2 Å². The molecule has 0 aromatic heterocycles. The van der Waals surface area contributed by atoms with Crippen LogP contribution in [-0.4, -0.2) is 24.0 Å². The third-order valence-electron chi connectivity index (χ3n) is 1.96. The lowest BCUT2D eigenvalue weighted by molar-refractivity contribution is 0.0525. The van der Waals surface area contributed by atoms with Crippen LogP contribution in [0.1, 0.15) is 28.4 Å². The molecule has 0 aliphatic heterocycles. The summed E-state index contributed by atoms with van der Waals surface area (Å²) in [6, 6.07) is 5.17. The Morgan fingerprint density at radius 1 is 1.60 bits per heavy atom. The second kappa shape index (κ2) is 5.14. The molecule has 0 radical (unpaired) electrons. The van der Waals surface area contributed by atoms with Crippen LogP contribution in [0.4, 0.5) is 0 Å². The van der Waals surface area contributed by atoms with E-state index in [1.165, 1.54) is 6.21 Å². The highest BCUT2D eigenvalue weighted by Gasteiger charge is 2.09. The normalized spacial score (nSPS) is 10.5. The Morgan fingerprint density at radius 2 is 2.33 bits per heavy atom. The highest BCUT2D eigenvalue weighted by Crippen LogP contribution is 2.11. The van der Waals surface area contributed by atoms with Gasteiger partial charge in [0.2, 0.25) is 0 Å². The number of benzene rings is 1. The molecular weight excluding hydrogens is 194 g/mol. The molecule has 1 rings (SSSR count). The molecule has 4 heteroatoms. The van der Waals surface area contributed by atoms with Gasteiger partial charge >= 0.3 is 5.97 Å². The van der Waals surface area contributed by atoms with Gasteiger partial charge in [-0.1, -0.05) is 17.3 Å². The van der Waals surface area contributed by atoms with E-state index in [1.54, 1.807) is 25.1 Å². The van der Waals surface area contributed by atoms with Crippen molar-refractivity contribution in [1.29, 1.82) is 0 Å². The molecule has 0 saturated carbocycles. The first-order valence-corrected chi connectivity index (χ1v) is 4.64. The van der Waals surface area contributed by atoms with E-state index in [1.807, 2.05) is 6.92 Å². The molecule has 0 heterocycles. The fourth-order valence-corrected chi connectivity index (χ4v) is 1.22. The van der Waals surface area contributed by atoms with Crippen LogP contribution >= 0.6 is 0 Å². The van der Waals surface area contributed by atoms with Gasteiger partial charge < -0.3 is 9.94 Å². The lowest BCUT2D eigenvalue weighted by Crippen LogP contribution is -2.07. The van der Waals surface area contributed by atoms with Crippen molar-refractivity contribution in [3.05, 3.63) is 34.9 Å². The second-order valence-electron chi connectivity index (χ2n) is 3.04. The minimum atomic E-state index is -0.358. The van der Waals surface area contributed by atoms with Crippen LogP contribution in [0.3, 0.4) is 0 Å². The van der Waals surface area contributed by atoms with E-state index in [4.69, 9.17) is 9.94 Å². The monoisotopic (exact) mass is 207 g/mol. The fourth-order valence-electron chi connectivity index (χ4n) is 1.22. The van der Waals surface area contributed by atoms with Crippen molar-refractivity contribution in [1.82, 2.24) is 0 Å². The van der Waals surface area contributed by atoms with E-state index >= 15 is 0 Å². The predicted molar refractivity (Wildman–Crippen MR) is 56.5 cm³/mol. The van der Waals surface area contributed by atoms with Gasteiger partial charge in [0.05, 0.1) is 18.4 Å². The molecule has 80 valence electrons. The Kier molecular flexibility index (Phi) is 3.85. The number of ether oxygens (including phenoxy) is 1. The Balaban J connectivity index is 3.04. The van der Waals surface area contributed by atoms with Crippen molar-refractivity contribution in [3.63, 3.8) is 0 Å². The number of hydrogen-bond acceptors (Lipinski definition) is 4. The van der Waals surface area contributed by atoms with Crippen LogP contribution < -0.4 is 0 Å². The standard InChI is InChI=1S/C11H13NO3/c1-3-15-11(13)10-6-9(7-12-14)5-4-8(10)2/h4-7,14H,3H2,1-2H3. The van der Waals surface area contributed by atoms with Gasteiger partial charge in [0.25, 0.3) is 0 Å². The largest absolute Gasteiger partial charge is 0.462 e. The molecule has 1 N–H and O–H groups in total. The highest BCUT2D eigenvalue weighted by atomic mass is 16.5. The quantitative estimate of drug-likeness (QED) is 0.357. The molecule has 0 aliphatic rings. The van der Waals surface area contributed by atoms with Crippen LogP contribution in [0.15, 0.2) is 23.4 Å². The van der Waals surface area contributed by atoms with E-state index in [0.717, 1.165) is 5.56 Å². The topological polar surface area (TPSA) is 58.9 Å². The molecule has 0 spiro atoms. The zero-order chi connectivity index (χ0) is 11.3. The van der Waals surface area contributed by atoms with E-state index in [-0.39, 0.29) is 5.97 Å². The van der Waals surface area contributed by atoms with E-state index in [9.17, 15) is 4.79 Å². The summed E-state index contributed by atoms with van der Waals surface area (Å²) < 4.78 is 4.90. The maximum atomic E-state index is 11.5. The van der Waals surface area contributed by atoms with E-state index in [0.29, 0.717) is 17.7 Å². The number of carbonyl (C=O) groups excluding carboxylic acids is 1. The zero-order valence-corrected chi connectivity index (χ0v) is 8.73. The summed E-state index contributed by atoms with van der Waals surface area (Å²) in [5.41, 5.74) is 1.99. The molecule has 1 aromatic carbocycles. The van der Waals surface area contributed by atoms with E-state index < -0.39 is 0 Å². The third kappa shape index (κ3) is 2.80. The SMILES string of the molecule is CCOC(=O)c1cc(C=NO)ccc1C. The smallest absolute Gasteiger partial charge is 0.338 e. The molecule has 1 aromatic rings. The van der Waals surface area contributed by atoms with Crippen LogP contribution in [0.25, 0.3) is 0 Å². The Morgan fingerprint density at radius 3 is 2.93 bits per heavy atom. The van der Waals surface area contributed by atoms with Crippen molar-refractivity contribution in [2.45, 2.75) is 13.8 Å². The average molecular weight is 207 g/mol. The van der Waals surface area contributed by atoms with Crippen molar-refractivity contribution in [2.75, 3.05) is 6.61 Å². The second-order valence-corrected chi connectivity index (χ2v) is 3.04. The molecule has 4 nitrogen and oxygen atoms in total. The number of carbonyl (C=O) groups is 1. The summed E-state index contributed by atoms with van der Waals surface area (Å²) in [6.07, 6.45) is 1.27. The molecular formula is C11H13NO3. The predicted octanol–water partition coefficient (Wildman–Crippen LogP) is 1.98. The molecule has 0 aliphatic carbocycles. The van der Waals surface area contributed by atoms with Gasteiger partial charge in [0.15, 0.2) is 0 Å². The van der Waals surface area contributed by atoms with Gasteiger partial charge in [-0.25, -0.2) is 4.79 Å². The summed E-state index contributed by atoms with van der Waals surface area (Å²) in [7, 11) is 0. The number of esters is 1. The van der Waals surface area contributed by atoms with Gasteiger partial charge in [-0.05, 0) is 31.0 Å². The molecule has 0 bridgehead atoms. The summed E-state index contributed by atoms with van der Waals surface area (Å²) in [4.78, 5) is 11.5. The number of oxime groups is 1. The van der Waals surface area contributed by atoms with Crippen LogP contribution in [0.2, 0.25) is 0 Å². The summed E-state index contributed by atoms with van der Waals surface area (Å²) >= 11 is 0. The Labute approximate surface area is 88.2 Å².